The maximum atomic E-state index is 13.5. The van der Waals surface area contributed by atoms with Crippen molar-refractivity contribution in [3.05, 3.63) is 36.4 Å². The first kappa shape index (κ1) is 25.7. The molecule has 34 heavy (non-hydrogen) atoms. The van der Waals surface area contributed by atoms with E-state index < -0.39 is 34.5 Å². The van der Waals surface area contributed by atoms with Crippen LogP contribution >= 0.6 is 0 Å². The first-order valence-electron chi connectivity index (χ1n) is 11.6. The number of hydrogen-bond donors (Lipinski definition) is 2. The van der Waals surface area contributed by atoms with Crippen molar-refractivity contribution < 1.29 is 27.5 Å². The molecule has 1 aromatic carbocycles. The maximum absolute atomic E-state index is 13.5. The van der Waals surface area contributed by atoms with E-state index in [4.69, 9.17) is 4.74 Å². The number of esters is 1. The number of hydrogen-bond acceptors (Lipinski definition) is 7. The third-order valence-electron chi connectivity index (χ3n) is 5.82. The Hall–Kier alpha value is -2.92. The van der Waals surface area contributed by atoms with Gasteiger partial charge in [0, 0.05) is 32.7 Å². The molecule has 2 aliphatic heterocycles. The number of sulfonamides is 1. The van der Waals surface area contributed by atoms with Crippen LogP contribution in [0.3, 0.4) is 0 Å². The van der Waals surface area contributed by atoms with Gasteiger partial charge in [0.05, 0.1) is 11.3 Å². The van der Waals surface area contributed by atoms with Crippen LogP contribution < -0.4 is 15.5 Å². The second kappa shape index (κ2) is 12.0. The standard InChI is InChI=1S/C23H32N4O6S/c1-2-11-24-23(30)25-21(28)17-33-22(29)18-9-10-19(26-12-5-3-6-13-26)20(16-18)34(31,32)27-14-7-4-8-15-27/h2,9-10,16H,1,3-8,11-15,17H2,(H2,24,25,28,30). The minimum atomic E-state index is -3.81. The van der Waals surface area contributed by atoms with Gasteiger partial charge in [0.25, 0.3) is 5.91 Å². The molecule has 0 bridgehead atoms. The molecule has 0 spiro atoms. The second-order valence-electron chi connectivity index (χ2n) is 8.32. The average Bonchev–Trinajstić information content (AvgIpc) is 2.86. The van der Waals surface area contributed by atoms with E-state index in [2.05, 4.69) is 11.9 Å². The lowest BCUT2D eigenvalue weighted by Crippen LogP contribution is -2.41. The molecule has 0 aliphatic carbocycles. The number of imide groups is 1. The molecule has 0 aromatic heterocycles. The summed E-state index contributed by atoms with van der Waals surface area (Å²) in [5, 5.41) is 4.40. The number of benzene rings is 1. The van der Waals surface area contributed by atoms with Gasteiger partial charge in [-0.05, 0) is 50.3 Å². The molecule has 0 unspecified atom stereocenters. The molecule has 0 radical (unpaired) electrons. The zero-order valence-corrected chi connectivity index (χ0v) is 20.1. The van der Waals surface area contributed by atoms with Crippen molar-refractivity contribution >= 4 is 33.6 Å². The second-order valence-corrected chi connectivity index (χ2v) is 10.2. The number of nitrogens with zero attached hydrogens (tertiary/aromatic N) is 2. The van der Waals surface area contributed by atoms with Crippen molar-refractivity contribution in [3.8, 4) is 0 Å². The molecule has 3 rings (SSSR count). The van der Waals surface area contributed by atoms with Gasteiger partial charge in [0.1, 0.15) is 4.90 Å². The zero-order valence-electron chi connectivity index (χ0n) is 19.3. The first-order valence-corrected chi connectivity index (χ1v) is 13.0. The Balaban J connectivity index is 1.78. The van der Waals surface area contributed by atoms with E-state index in [0.29, 0.717) is 18.8 Å². The Kier molecular flexibility index (Phi) is 9.05. The smallest absolute Gasteiger partial charge is 0.338 e. The molecular formula is C23H32N4O6S. The predicted octanol–water partition coefficient (Wildman–Crippen LogP) is 2.02. The van der Waals surface area contributed by atoms with Crippen LogP contribution in [-0.4, -0.2) is 70.0 Å². The molecule has 2 saturated heterocycles. The fourth-order valence-corrected chi connectivity index (χ4v) is 5.83. The van der Waals surface area contributed by atoms with E-state index >= 15 is 0 Å². The van der Waals surface area contributed by atoms with Crippen molar-refractivity contribution in [2.75, 3.05) is 44.2 Å². The lowest BCUT2D eigenvalue weighted by Gasteiger charge is -2.33. The fourth-order valence-electron chi connectivity index (χ4n) is 4.07. The molecule has 11 heteroatoms. The highest BCUT2D eigenvalue weighted by molar-refractivity contribution is 7.89. The van der Waals surface area contributed by atoms with Crippen molar-refractivity contribution in [3.63, 3.8) is 0 Å². The Morgan fingerprint density at radius 2 is 1.65 bits per heavy atom. The molecule has 10 nitrogen and oxygen atoms in total. The molecular weight excluding hydrogens is 460 g/mol. The molecule has 2 aliphatic rings. The number of carbonyl (C=O) groups excluding carboxylic acids is 3. The fraction of sp³-hybridized carbons (Fsp3) is 0.522. The van der Waals surface area contributed by atoms with Gasteiger partial charge in [-0.25, -0.2) is 18.0 Å². The van der Waals surface area contributed by atoms with Gasteiger partial charge in [0.15, 0.2) is 6.61 Å². The third-order valence-corrected chi connectivity index (χ3v) is 7.75. The van der Waals surface area contributed by atoms with E-state index in [1.807, 2.05) is 10.2 Å². The highest BCUT2D eigenvalue weighted by Gasteiger charge is 2.31. The van der Waals surface area contributed by atoms with Crippen LogP contribution in [0.15, 0.2) is 35.7 Å². The van der Waals surface area contributed by atoms with Crippen LogP contribution in [0.5, 0.6) is 0 Å². The number of piperidine rings is 2. The number of anilines is 1. The summed E-state index contributed by atoms with van der Waals surface area (Å²) in [4.78, 5) is 38.1. The van der Waals surface area contributed by atoms with Crippen molar-refractivity contribution in [2.24, 2.45) is 0 Å². The van der Waals surface area contributed by atoms with Gasteiger partial charge in [-0.2, -0.15) is 4.31 Å². The normalized spacial score (nSPS) is 17.0. The van der Waals surface area contributed by atoms with Crippen LogP contribution in [0.2, 0.25) is 0 Å². The van der Waals surface area contributed by atoms with Crippen LogP contribution in [0.4, 0.5) is 10.5 Å². The van der Waals surface area contributed by atoms with Crippen LogP contribution in [0, 0.1) is 0 Å². The largest absolute Gasteiger partial charge is 0.452 e. The van der Waals surface area contributed by atoms with Gasteiger partial charge in [-0.3, -0.25) is 10.1 Å². The highest BCUT2D eigenvalue weighted by Crippen LogP contribution is 2.32. The molecule has 1 aromatic rings. The Morgan fingerprint density at radius 1 is 1.00 bits per heavy atom. The lowest BCUT2D eigenvalue weighted by molar-refractivity contribution is -0.123. The van der Waals surface area contributed by atoms with E-state index in [0.717, 1.165) is 51.6 Å². The summed E-state index contributed by atoms with van der Waals surface area (Å²) >= 11 is 0. The van der Waals surface area contributed by atoms with Crippen molar-refractivity contribution in [1.82, 2.24) is 14.9 Å². The summed E-state index contributed by atoms with van der Waals surface area (Å²) in [5.74, 6) is -1.65. The SMILES string of the molecule is C=CCNC(=O)NC(=O)COC(=O)c1ccc(N2CCCCC2)c(S(=O)(=O)N2CCCCC2)c1. The maximum Gasteiger partial charge on any atom is 0.338 e. The molecule has 2 heterocycles. The number of ether oxygens (including phenoxy) is 1. The van der Waals surface area contributed by atoms with Gasteiger partial charge in [-0.15, -0.1) is 6.58 Å². The Bertz CT molecular complexity index is 1010. The summed E-state index contributed by atoms with van der Waals surface area (Å²) in [6.45, 7) is 5.35. The Morgan fingerprint density at radius 3 is 2.29 bits per heavy atom. The number of nitrogens with one attached hydrogen (secondary N) is 2. The summed E-state index contributed by atoms with van der Waals surface area (Å²) in [6.07, 6.45) is 7.09. The Labute approximate surface area is 200 Å². The van der Waals surface area contributed by atoms with E-state index in [1.54, 1.807) is 6.07 Å². The first-order chi connectivity index (χ1) is 16.3. The van der Waals surface area contributed by atoms with E-state index in [1.165, 1.54) is 22.5 Å². The molecule has 3 amide bonds. The summed E-state index contributed by atoms with van der Waals surface area (Å²) in [5.41, 5.74) is 0.610. The van der Waals surface area contributed by atoms with Crippen LogP contribution in [0.25, 0.3) is 0 Å². The zero-order chi connectivity index (χ0) is 24.6. The number of carbonyl (C=O) groups is 3. The quantitative estimate of drug-likeness (QED) is 0.420. The topological polar surface area (TPSA) is 125 Å². The minimum absolute atomic E-state index is 0.0280. The minimum Gasteiger partial charge on any atom is -0.452 e. The average molecular weight is 493 g/mol. The summed E-state index contributed by atoms with van der Waals surface area (Å²) < 4.78 is 33.6. The van der Waals surface area contributed by atoms with Gasteiger partial charge in [-0.1, -0.05) is 12.5 Å². The molecule has 2 N–H and O–H groups in total. The highest BCUT2D eigenvalue weighted by atomic mass is 32.2. The third kappa shape index (κ3) is 6.57. The van der Waals surface area contributed by atoms with Crippen LogP contribution in [0.1, 0.15) is 48.9 Å². The summed E-state index contributed by atoms with van der Waals surface area (Å²) in [6, 6.07) is 3.75. The molecule has 0 atom stereocenters. The predicted molar refractivity (Wildman–Crippen MR) is 127 cm³/mol. The number of urea groups is 1. The van der Waals surface area contributed by atoms with Gasteiger partial charge >= 0.3 is 12.0 Å². The molecule has 2 fully saturated rings. The van der Waals surface area contributed by atoms with E-state index in [-0.39, 0.29) is 17.0 Å². The van der Waals surface area contributed by atoms with Gasteiger partial charge < -0.3 is 15.0 Å². The van der Waals surface area contributed by atoms with Crippen molar-refractivity contribution in [1.29, 1.82) is 0 Å². The number of amides is 3. The molecule has 186 valence electrons. The van der Waals surface area contributed by atoms with Crippen molar-refractivity contribution in [2.45, 2.75) is 43.4 Å². The number of rotatable bonds is 8. The summed E-state index contributed by atoms with van der Waals surface area (Å²) in [7, 11) is -3.81. The van der Waals surface area contributed by atoms with Gasteiger partial charge in [0.2, 0.25) is 10.0 Å². The lowest BCUT2D eigenvalue weighted by atomic mass is 10.1. The van der Waals surface area contributed by atoms with E-state index in [9.17, 15) is 22.8 Å². The van der Waals surface area contributed by atoms with Crippen LogP contribution in [-0.2, 0) is 19.6 Å². The monoisotopic (exact) mass is 492 g/mol. The molecule has 0 saturated carbocycles.